The van der Waals surface area contributed by atoms with E-state index in [0.29, 0.717) is 17.9 Å². The average molecular weight is 277 g/mol. The number of H-pyrrole nitrogens is 1. The van der Waals surface area contributed by atoms with Crippen molar-refractivity contribution in [1.82, 2.24) is 4.98 Å². The van der Waals surface area contributed by atoms with Crippen LogP contribution in [0, 0.1) is 0 Å². The Bertz CT molecular complexity index is 648. The van der Waals surface area contributed by atoms with Crippen molar-refractivity contribution in [2.45, 2.75) is 19.8 Å². The fourth-order valence-corrected chi connectivity index (χ4v) is 2.04. The third kappa shape index (κ3) is 2.71. The Morgan fingerprint density at radius 1 is 1.15 bits per heavy atom. The Morgan fingerprint density at radius 3 is 2.55 bits per heavy atom. The van der Waals surface area contributed by atoms with Crippen molar-refractivity contribution in [1.29, 1.82) is 0 Å². The summed E-state index contributed by atoms with van der Waals surface area (Å²) in [5, 5.41) is 0.784. The van der Waals surface area contributed by atoms with Crippen LogP contribution in [0.15, 0.2) is 23.0 Å². The van der Waals surface area contributed by atoms with Gasteiger partial charge in [-0.2, -0.15) is 0 Å². The van der Waals surface area contributed by atoms with Crippen molar-refractivity contribution < 1.29 is 14.2 Å². The molecule has 0 unspecified atom stereocenters. The molecular weight excluding hydrogens is 258 g/mol. The van der Waals surface area contributed by atoms with Gasteiger partial charge in [0.2, 0.25) is 5.75 Å². The minimum absolute atomic E-state index is 0.180. The molecular formula is C15H19NO4. The van der Waals surface area contributed by atoms with Gasteiger partial charge in [-0.15, -0.1) is 0 Å². The maximum Gasteiger partial charge on any atom is 0.294 e. The second-order valence-corrected chi connectivity index (χ2v) is 4.43. The number of unbranched alkanes of at least 4 members (excludes halogenated alkanes) is 1. The zero-order valence-electron chi connectivity index (χ0n) is 12.0. The molecule has 0 aliphatic heterocycles. The van der Waals surface area contributed by atoms with Crippen molar-refractivity contribution in [3.05, 3.63) is 28.6 Å². The molecule has 0 saturated carbocycles. The number of hydrogen-bond donors (Lipinski definition) is 1. The van der Waals surface area contributed by atoms with Gasteiger partial charge in [0.05, 0.1) is 26.3 Å². The molecule has 5 heteroatoms. The average Bonchev–Trinajstić information content (AvgIpc) is 2.45. The van der Waals surface area contributed by atoms with E-state index in [1.165, 1.54) is 14.2 Å². The maximum absolute atomic E-state index is 11.9. The topological polar surface area (TPSA) is 60.6 Å². The molecule has 1 heterocycles. The molecule has 0 saturated heterocycles. The number of methoxy groups -OCH3 is 2. The van der Waals surface area contributed by atoms with Gasteiger partial charge in [-0.3, -0.25) is 4.79 Å². The summed E-state index contributed by atoms with van der Waals surface area (Å²) in [5.41, 5.74) is 0.351. The molecule has 0 aliphatic rings. The standard InChI is InChI=1S/C15H19NO4/c1-4-5-8-20-10-6-7-11-12(9-10)16-15(17)14(19-3)13(11)18-2/h6-7,9H,4-5,8H2,1-3H3,(H,16,17). The number of hydrogen-bond acceptors (Lipinski definition) is 4. The van der Waals surface area contributed by atoms with E-state index in [1.807, 2.05) is 12.1 Å². The molecule has 0 radical (unpaired) electrons. The van der Waals surface area contributed by atoms with Crippen LogP contribution in [0.25, 0.3) is 10.9 Å². The van der Waals surface area contributed by atoms with E-state index >= 15 is 0 Å². The highest BCUT2D eigenvalue weighted by Gasteiger charge is 2.14. The summed E-state index contributed by atoms with van der Waals surface area (Å²) in [6.45, 7) is 2.78. The summed E-state index contributed by atoms with van der Waals surface area (Å²) in [6, 6.07) is 5.51. The molecule has 0 atom stereocenters. The number of pyridine rings is 1. The van der Waals surface area contributed by atoms with Crippen molar-refractivity contribution >= 4 is 10.9 Å². The Morgan fingerprint density at radius 2 is 1.90 bits per heavy atom. The fraction of sp³-hybridized carbons (Fsp3) is 0.400. The first kappa shape index (κ1) is 14.2. The molecule has 1 aromatic carbocycles. The molecule has 0 amide bonds. The van der Waals surface area contributed by atoms with Crippen LogP contribution in [-0.2, 0) is 0 Å². The molecule has 0 bridgehead atoms. The molecule has 1 N–H and O–H groups in total. The fourth-order valence-electron chi connectivity index (χ4n) is 2.04. The minimum atomic E-state index is -0.317. The van der Waals surface area contributed by atoms with E-state index in [1.54, 1.807) is 6.07 Å². The van der Waals surface area contributed by atoms with Gasteiger partial charge in [-0.1, -0.05) is 13.3 Å². The number of rotatable bonds is 6. The lowest BCUT2D eigenvalue weighted by atomic mass is 10.2. The summed E-state index contributed by atoms with van der Waals surface area (Å²) in [5.74, 6) is 1.35. The van der Waals surface area contributed by atoms with Crippen LogP contribution in [-0.4, -0.2) is 25.8 Å². The molecule has 0 aliphatic carbocycles. The zero-order chi connectivity index (χ0) is 14.5. The molecule has 0 fully saturated rings. The van der Waals surface area contributed by atoms with Crippen molar-refractivity contribution in [3.63, 3.8) is 0 Å². The van der Waals surface area contributed by atoms with Gasteiger partial charge in [-0.05, 0) is 18.6 Å². The summed E-state index contributed by atoms with van der Waals surface area (Å²) in [6.07, 6.45) is 2.08. The number of fused-ring (bicyclic) bond motifs is 1. The summed E-state index contributed by atoms with van der Waals surface area (Å²) < 4.78 is 16.0. The minimum Gasteiger partial charge on any atom is -0.494 e. The molecule has 0 spiro atoms. The summed E-state index contributed by atoms with van der Waals surface area (Å²) in [7, 11) is 2.96. The highest BCUT2D eigenvalue weighted by molar-refractivity contribution is 5.88. The monoisotopic (exact) mass is 277 g/mol. The molecule has 1 aromatic heterocycles. The van der Waals surface area contributed by atoms with Crippen LogP contribution in [0.3, 0.4) is 0 Å². The number of ether oxygens (including phenoxy) is 3. The number of aromatic nitrogens is 1. The second-order valence-electron chi connectivity index (χ2n) is 4.43. The lowest BCUT2D eigenvalue weighted by Crippen LogP contribution is -2.11. The zero-order valence-corrected chi connectivity index (χ0v) is 12.0. The van der Waals surface area contributed by atoms with Gasteiger partial charge in [0.15, 0.2) is 5.75 Å². The van der Waals surface area contributed by atoms with Gasteiger partial charge in [0.25, 0.3) is 5.56 Å². The number of benzene rings is 1. The number of aromatic amines is 1. The van der Waals surface area contributed by atoms with Crippen LogP contribution in [0.4, 0.5) is 0 Å². The van der Waals surface area contributed by atoms with Crippen LogP contribution in [0.1, 0.15) is 19.8 Å². The normalized spacial score (nSPS) is 10.6. The van der Waals surface area contributed by atoms with Crippen molar-refractivity contribution in [3.8, 4) is 17.2 Å². The van der Waals surface area contributed by atoms with E-state index in [-0.39, 0.29) is 11.3 Å². The second kappa shape index (κ2) is 6.32. The molecule has 2 aromatic rings. The van der Waals surface area contributed by atoms with Crippen molar-refractivity contribution in [2.24, 2.45) is 0 Å². The summed E-state index contributed by atoms with van der Waals surface area (Å²) in [4.78, 5) is 14.7. The summed E-state index contributed by atoms with van der Waals surface area (Å²) >= 11 is 0. The molecule has 20 heavy (non-hydrogen) atoms. The Labute approximate surface area is 117 Å². The predicted molar refractivity (Wildman–Crippen MR) is 78.1 cm³/mol. The van der Waals surface area contributed by atoms with Gasteiger partial charge in [0.1, 0.15) is 5.75 Å². The van der Waals surface area contributed by atoms with Crippen LogP contribution in [0.2, 0.25) is 0 Å². The Hall–Kier alpha value is -2.17. The highest BCUT2D eigenvalue weighted by atomic mass is 16.5. The smallest absolute Gasteiger partial charge is 0.294 e. The maximum atomic E-state index is 11.9. The van der Waals surface area contributed by atoms with Gasteiger partial charge in [0, 0.05) is 11.5 Å². The Kier molecular flexibility index (Phi) is 4.50. The van der Waals surface area contributed by atoms with E-state index in [0.717, 1.165) is 24.0 Å². The van der Waals surface area contributed by atoms with E-state index < -0.39 is 0 Å². The SMILES string of the molecule is CCCCOc1ccc2c(OC)c(OC)c(=O)[nH]c2c1. The van der Waals surface area contributed by atoms with Crippen LogP contribution >= 0.6 is 0 Å². The first-order valence-electron chi connectivity index (χ1n) is 6.62. The third-order valence-electron chi connectivity index (χ3n) is 3.07. The van der Waals surface area contributed by atoms with Gasteiger partial charge >= 0.3 is 0 Å². The Balaban J connectivity index is 2.46. The molecule has 2 rings (SSSR count). The van der Waals surface area contributed by atoms with Gasteiger partial charge in [-0.25, -0.2) is 0 Å². The predicted octanol–water partition coefficient (Wildman–Crippen LogP) is 2.72. The quantitative estimate of drug-likeness (QED) is 0.825. The highest BCUT2D eigenvalue weighted by Crippen LogP contribution is 2.32. The lowest BCUT2D eigenvalue weighted by molar-refractivity contribution is 0.309. The van der Waals surface area contributed by atoms with Crippen LogP contribution < -0.4 is 19.8 Å². The largest absolute Gasteiger partial charge is 0.494 e. The molecule has 5 nitrogen and oxygen atoms in total. The molecule has 108 valence electrons. The van der Waals surface area contributed by atoms with Gasteiger partial charge < -0.3 is 19.2 Å². The van der Waals surface area contributed by atoms with E-state index in [9.17, 15) is 4.79 Å². The third-order valence-corrected chi connectivity index (χ3v) is 3.07. The van der Waals surface area contributed by atoms with E-state index in [4.69, 9.17) is 14.2 Å². The number of nitrogens with one attached hydrogen (secondary N) is 1. The lowest BCUT2D eigenvalue weighted by Gasteiger charge is -2.11. The first-order valence-corrected chi connectivity index (χ1v) is 6.62. The van der Waals surface area contributed by atoms with Crippen molar-refractivity contribution in [2.75, 3.05) is 20.8 Å². The van der Waals surface area contributed by atoms with Crippen LogP contribution in [0.5, 0.6) is 17.2 Å². The first-order chi connectivity index (χ1) is 9.71. The van der Waals surface area contributed by atoms with E-state index in [2.05, 4.69) is 11.9 Å².